The number of nitrogens with zero attached hydrogens (tertiary/aromatic N) is 2. The van der Waals surface area contributed by atoms with E-state index in [1.807, 2.05) is 12.1 Å². The topological polar surface area (TPSA) is 43.8 Å². The lowest BCUT2D eigenvalue weighted by atomic mass is 10.1. The van der Waals surface area contributed by atoms with Gasteiger partial charge in [0.2, 0.25) is 0 Å². The number of hydrogen-bond acceptors (Lipinski definition) is 2. The highest BCUT2D eigenvalue weighted by Gasteiger charge is 2.12. The van der Waals surface area contributed by atoms with Crippen molar-refractivity contribution >= 4 is 16.7 Å². The number of aromatic nitrogens is 2. The highest BCUT2D eigenvalue weighted by Crippen LogP contribution is 2.27. The van der Waals surface area contributed by atoms with Gasteiger partial charge in [-0.15, -0.1) is 0 Å². The Labute approximate surface area is 112 Å². The number of nitrogens with two attached hydrogens (primary N) is 1. The van der Waals surface area contributed by atoms with Crippen LogP contribution in [-0.4, -0.2) is 9.55 Å². The average molecular weight is 251 g/mol. The number of aryl methyl sites for hydroxylation is 2. The first-order valence-electron chi connectivity index (χ1n) is 6.52. The van der Waals surface area contributed by atoms with Crippen molar-refractivity contribution in [3.05, 3.63) is 48.0 Å². The van der Waals surface area contributed by atoms with E-state index in [1.54, 1.807) is 0 Å². The van der Waals surface area contributed by atoms with Crippen LogP contribution < -0.4 is 5.73 Å². The minimum Gasteiger partial charge on any atom is -0.397 e. The molecule has 0 saturated carbocycles. The summed E-state index contributed by atoms with van der Waals surface area (Å²) in [5.74, 6) is 0.982. The summed E-state index contributed by atoms with van der Waals surface area (Å²) < 4.78 is 2.20. The fourth-order valence-corrected chi connectivity index (χ4v) is 2.41. The van der Waals surface area contributed by atoms with Gasteiger partial charge in [0, 0.05) is 12.1 Å². The first kappa shape index (κ1) is 11.8. The number of para-hydroxylation sites is 1. The molecule has 3 aromatic rings. The third-order valence-electron chi connectivity index (χ3n) is 3.44. The van der Waals surface area contributed by atoms with E-state index >= 15 is 0 Å². The largest absolute Gasteiger partial charge is 0.397 e. The molecule has 0 radical (unpaired) electrons. The Bertz CT molecular complexity index is 724. The van der Waals surface area contributed by atoms with Crippen molar-refractivity contribution in [3.63, 3.8) is 0 Å². The Morgan fingerprint density at radius 3 is 2.53 bits per heavy atom. The molecular weight excluding hydrogens is 234 g/mol. The quantitative estimate of drug-likeness (QED) is 0.707. The van der Waals surface area contributed by atoms with Gasteiger partial charge >= 0.3 is 0 Å². The monoisotopic (exact) mass is 251 g/mol. The Morgan fingerprint density at radius 2 is 1.84 bits per heavy atom. The Hall–Kier alpha value is -2.29. The maximum Gasteiger partial charge on any atom is 0.141 e. The molecule has 0 spiro atoms. The molecule has 0 saturated heterocycles. The summed E-state index contributed by atoms with van der Waals surface area (Å²) >= 11 is 0. The van der Waals surface area contributed by atoms with E-state index in [2.05, 4.69) is 48.7 Å². The van der Waals surface area contributed by atoms with Crippen LogP contribution in [0.4, 0.5) is 5.69 Å². The first-order chi connectivity index (χ1) is 9.20. The molecular formula is C16H17N3. The summed E-state index contributed by atoms with van der Waals surface area (Å²) in [6.45, 7) is 5.09. The Balaban J connectivity index is 2.29. The van der Waals surface area contributed by atoms with Crippen LogP contribution in [0.2, 0.25) is 0 Å². The van der Waals surface area contributed by atoms with Crippen LogP contribution in [0.5, 0.6) is 0 Å². The fourth-order valence-electron chi connectivity index (χ4n) is 2.41. The van der Waals surface area contributed by atoms with Crippen molar-refractivity contribution < 1.29 is 0 Å². The first-order valence-corrected chi connectivity index (χ1v) is 6.52. The van der Waals surface area contributed by atoms with Gasteiger partial charge in [0.15, 0.2) is 0 Å². The smallest absolute Gasteiger partial charge is 0.141 e. The van der Waals surface area contributed by atoms with E-state index in [9.17, 15) is 0 Å². The lowest BCUT2D eigenvalue weighted by Gasteiger charge is -2.06. The van der Waals surface area contributed by atoms with Gasteiger partial charge in [0.1, 0.15) is 11.3 Å². The van der Waals surface area contributed by atoms with Crippen molar-refractivity contribution in [3.8, 4) is 11.4 Å². The molecule has 0 atom stereocenters. The molecule has 1 heterocycles. The van der Waals surface area contributed by atoms with Gasteiger partial charge in [-0.3, -0.25) is 0 Å². The molecule has 0 aliphatic rings. The van der Waals surface area contributed by atoms with Crippen molar-refractivity contribution in [2.75, 3.05) is 5.73 Å². The van der Waals surface area contributed by atoms with Gasteiger partial charge in [0.05, 0.1) is 11.2 Å². The van der Waals surface area contributed by atoms with Crippen molar-refractivity contribution in [1.29, 1.82) is 0 Å². The second kappa shape index (κ2) is 4.43. The molecule has 2 N–H and O–H groups in total. The van der Waals surface area contributed by atoms with Gasteiger partial charge < -0.3 is 10.3 Å². The second-order valence-electron chi connectivity index (χ2n) is 4.76. The molecule has 3 heteroatoms. The molecule has 0 bridgehead atoms. The zero-order chi connectivity index (χ0) is 13.4. The maximum absolute atomic E-state index is 6.02. The zero-order valence-corrected chi connectivity index (χ0v) is 11.2. The zero-order valence-electron chi connectivity index (χ0n) is 11.2. The highest BCUT2D eigenvalue weighted by atomic mass is 15.1. The lowest BCUT2D eigenvalue weighted by molar-refractivity contribution is 0.796. The standard InChI is InChI=1S/C16H17N3/c1-3-19-14-6-4-5-13(17)15(14)18-16(19)12-9-7-11(2)8-10-12/h4-10H,3,17H2,1-2H3. The predicted molar refractivity (Wildman–Crippen MR) is 80.0 cm³/mol. The van der Waals surface area contributed by atoms with Crippen LogP contribution >= 0.6 is 0 Å². The summed E-state index contributed by atoms with van der Waals surface area (Å²) in [6, 6.07) is 14.4. The normalized spacial score (nSPS) is 11.1. The molecule has 96 valence electrons. The molecule has 3 rings (SSSR count). The number of imidazole rings is 1. The SMILES string of the molecule is CCn1c(-c2ccc(C)cc2)nc2c(N)cccc21. The van der Waals surface area contributed by atoms with E-state index in [4.69, 9.17) is 10.7 Å². The molecule has 0 aliphatic heterocycles. The number of anilines is 1. The van der Waals surface area contributed by atoms with Gasteiger partial charge in [0.25, 0.3) is 0 Å². The fraction of sp³-hybridized carbons (Fsp3) is 0.188. The molecule has 0 fully saturated rings. The number of fused-ring (bicyclic) bond motifs is 1. The number of hydrogen-bond donors (Lipinski definition) is 1. The van der Waals surface area contributed by atoms with Crippen molar-refractivity contribution in [2.45, 2.75) is 20.4 Å². The molecule has 0 aliphatic carbocycles. The molecule has 19 heavy (non-hydrogen) atoms. The molecule has 3 nitrogen and oxygen atoms in total. The summed E-state index contributed by atoms with van der Waals surface area (Å²) in [6.07, 6.45) is 0. The maximum atomic E-state index is 6.02. The van der Waals surface area contributed by atoms with Crippen LogP contribution in [0.3, 0.4) is 0 Å². The molecule has 1 aromatic heterocycles. The predicted octanol–water partition coefficient (Wildman–Crippen LogP) is 3.61. The summed E-state index contributed by atoms with van der Waals surface area (Å²) in [5.41, 5.74) is 11.1. The summed E-state index contributed by atoms with van der Waals surface area (Å²) in [4.78, 5) is 4.72. The third kappa shape index (κ3) is 1.87. The molecule has 0 amide bonds. The second-order valence-corrected chi connectivity index (χ2v) is 4.76. The Kier molecular flexibility index (Phi) is 2.75. The van der Waals surface area contributed by atoms with E-state index in [0.717, 1.165) is 34.7 Å². The van der Waals surface area contributed by atoms with E-state index < -0.39 is 0 Å². The summed E-state index contributed by atoms with van der Waals surface area (Å²) in [5, 5.41) is 0. The van der Waals surface area contributed by atoms with Crippen LogP contribution in [0, 0.1) is 6.92 Å². The number of rotatable bonds is 2. The van der Waals surface area contributed by atoms with Gasteiger partial charge in [-0.05, 0) is 26.0 Å². The van der Waals surface area contributed by atoms with E-state index in [0.29, 0.717) is 0 Å². The molecule has 0 unspecified atom stereocenters. The van der Waals surface area contributed by atoms with Crippen molar-refractivity contribution in [2.24, 2.45) is 0 Å². The van der Waals surface area contributed by atoms with E-state index in [-0.39, 0.29) is 0 Å². The lowest BCUT2D eigenvalue weighted by Crippen LogP contribution is -1.97. The van der Waals surface area contributed by atoms with Gasteiger partial charge in [-0.2, -0.15) is 0 Å². The number of nitrogen functional groups attached to an aromatic ring is 1. The number of benzene rings is 2. The van der Waals surface area contributed by atoms with Crippen LogP contribution in [-0.2, 0) is 6.54 Å². The average Bonchev–Trinajstić information content (AvgIpc) is 2.79. The van der Waals surface area contributed by atoms with Crippen LogP contribution in [0.25, 0.3) is 22.4 Å². The highest BCUT2D eigenvalue weighted by molar-refractivity contribution is 5.90. The third-order valence-corrected chi connectivity index (χ3v) is 3.44. The summed E-state index contributed by atoms with van der Waals surface area (Å²) in [7, 11) is 0. The van der Waals surface area contributed by atoms with E-state index in [1.165, 1.54) is 5.56 Å². The van der Waals surface area contributed by atoms with Crippen LogP contribution in [0.1, 0.15) is 12.5 Å². The van der Waals surface area contributed by atoms with Gasteiger partial charge in [-0.1, -0.05) is 35.9 Å². The minimum atomic E-state index is 0.734. The van der Waals surface area contributed by atoms with Crippen molar-refractivity contribution in [1.82, 2.24) is 9.55 Å². The molecule has 2 aromatic carbocycles. The Morgan fingerprint density at radius 1 is 1.11 bits per heavy atom. The van der Waals surface area contributed by atoms with Gasteiger partial charge in [-0.25, -0.2) is 4.98 Å². The van der Waals surface area contributed by atoms with Crippen LogP contribution in [0.15, 0.2) is 42.5 Å². The minimum absolute atomic E-state index is 0.734.